The predicted molar refractivity (Wildman–Crippen MR) is 98.3 cm³/mol. The maximum Gasteiger partial charge on any atom is 0.243 e. The first-order valence-electron chi connectivity index (χ1n) is 7.38. The molecule has 0 aliphatic rings. The number of rotatable bonds is 6. The lowest BCUT2D eigenvalue weighted by Gasteiger charge is -2.03. The Kier molecular flexibility index (Phi) is 6.08. The summed E-state index contributed by atoms with van der Waals surface area (Å²) in [4.78, 5) is 22.4. The van der Waals surface area contributed by atoms with Gasteiger partial charge in [0.25, 0.3) is 0 Å². The molecule has 0 N–H and O–H groups in total. The quantitative estimate of drug-likeness (QED) is 0.530. The van der Waals surface area contributed by atoms with E-state index in [1.807, 2.05) is 48.5 Å². The van der Waals surface area contributed by atoms with Crippen LogP contribution in [0.5, 0.6) is 0 Å². The fourth-order valence-electron chi connectivity index (χ4n) is 1.99. The van der Waals surface area contributed by atoms with Gasteiger partial charge in [-0.05, 0) is 35.4 Å². The highest BCUT2D eigenvalue weighted by Crippen LogP contribution is 2.28. The van der Waals surface area contributed by atoms with Crippen LogP contribution >= 0.6 is 11.8 Å². The Morgan fingerprint density at radius 1 is 0.760 bits per heavy atom. The van der Waals surface area contributed by atoms with E-state index in [1.54, 1.807) is 11.8 Å². The molecule has 6 nitrogen and oxygen atoms in total. The predicted octanol–water partition coefficient (Wildman–Crippen LogP) is 5.11. The molecule has 0 bridgehead atoms. The molecule has 0 atom stereocenters. The highest BCUT2D eigenvalue weighted by Gasteiger charge is 2.04. The van der Waals surface area contributed by atoms with Crippen LogP contribution in [-0.2, 0) is 0 Å². The van der Waals surface area contributed by atoms with Crippen LogP contribution in [0.4, 0.5) is 0 Å². The molecular weight excluding hydrogens is 340 g/mol. The van der Waals surface area contributed by atoms with Gasteiger partial charge in [0.1, 0.15) is 0 Å². The van der Waals surface area contributed by atoms with Crippen LogP contribution in [0.1, 0.15) is 25.0 Å². The van der Waals surface area contributed by atoms with Gasteiger partial charge in [-0.2, -0.15) is 0 Å². The van der Waals surface area contributed by atoms with E-state index >= 15 is 0 Å². The van der Waals surface area contributed by atoms with Gasteiger partial charge >= 0.3 is 0 Å². The van der Waals surface area contributed by atoms with E-state index in [4.69, 9.17) is 0 Å². The molecular formula is C18H16N2O4S. The summed E-state index contributed by atoms with van der Waals surface area (Å²) in [6.07, 6.45) is 3.04. The van der Waals surface area contributed by atoms with Crippen LogP contribution < -0.4 is 0 Å². The minimum atomic E-state index is -0.417. The Morgan fingerprint density at radius 3 is 1.36 bits per heavy atom. The standard InChI is InChI=1S/C18H16N2O4S/c1-13(19(21)22)11-15-3-7-17(8-4-15)25-18-9-5-16(6-10-18)12-14(2)20(23)24/h3-12H,1-2H3/b13-11+,14-12+. The highest BCUT2D eigenvalue weighted by molar-refractivity contribution is 7.99. The lowest BCUT2D eigenvalue weighted by molar-refractivity contribution is -0.422. The number of allylic oxidation sites excluding steroid dienone is 2. The van der Waals surface area contributed by atoms with Crippen LogP contribution in [0.2, 0.25) is 0 Å². The van der Waals surface area contributed by atoms with Crippen molar-refractivity contribution in [3.8, 4) is 0 Å². The fraction of sp³-hybridized carbons (Fsp3) is 0.111. The van der Waals surface area contributed by atoms with Crippen LogP contribution in [-0.4, -0.2) is 9.85 Å². The molecule has 2 rings (SSSR count). The van der Waals surface area contributed by atoms with Gasteiger partial charge in [0, 0.05) is 35.8 Å². The molecule has 2 aromatic rings. The minimum absolute atomic E-state index is 0.0917. The van der Waals surface area contributed by atoms with E-state index < -0.39 is 9.85 Å². The molecule has 2 aromatic carbocycles. The SMILES string of the molecule is C/C(=C\c1ccc(Sc2ccc(/C=C(\C)[N+](=O)[O-])cc2)cc1)[N+](=O)[O-]. The van der Waals surface area contributed by atoms with Gasteiger partial charge in [-0.1, -0.05) is 36.0 Å². The Morgan fingerprint density at radius 2 is 1.08 bits per heavy atom. The molecule has 0 unspecified atom stereocenters. The molecule has 0 amide bonds. The second-order valence-corrected chi connectivity index (χ2v) is 6.47. The second kappa shape index (κ2) is 8.25. The van der Waals surface area contributed by atoms with Crippen molar-refractivity contribution in [3.05, 3.63) is 91.3 Å². The summed E-state index contributed by atoms with van der Waals surface area (Å²) in [6.45, 7) is 2.92. The molecule has 7 heteroatoms. The number of hydrogen-bond acceptors (Lipinski definition) is 5. The lowest BCUT2D eigenvalue weighted by Crippen LogP contribution is -1.92. The van der Waals surface area contributed by atoms with E-state index in [-0.39, 0.29) is 11.4 Å². The third-order valence-electron chi connectivity index (χ3n) is 3.32. The zero-order valence-corrected chi connectivity index (χ0v) is 14.5. The Balaban J connectivity index is 2.07. The molecule has 0 aliphatic carbocycles. The van der Waals surface area contributed by atoms with Crippen molar-refractivity contribution in [3.63, 3.8) is 0 Å². The Labute approximate surface area is 149 Å². The van der Waals surface area contributed by atoms with Gasteiger partial charge in [-0.15, -0.1) is 0 Å². The van der Waals surface area contributed by atoms with E-state index in [9.17, 15) is 20.2 Å². The molecule has 0 saturated heterocycles. The summed E-state index contributed by atoms with van der Waals surface area (Å²) in [5.74, 6) is 0. The topological polar surface area (TPSA) is 86.3 Å². The summed E-state index contributed by atoms with van der Waals surface area (Å²) in [6, 6.07) is 14.9. The van der Waals surface area contributed by atoms with Crippen molar-refractivity contribution in [2.45, 2.75) is 23.6 Å². The first kappa shape index (κ1) is 18.4. The maximum absolute atomic E-state index is 10.6. The smallest absolute Gasteiger partial charge is 0.243 e. The summed E-state index contributed by atoms with van der Waals surface area (Å²) in [5.41, 5.74) is 1.73. The van der Waals surface area contributed by atoms with Crippen molar-refractivity contribution in [1.29, 1.82) is 0 Å². The van der Waals surface area contributed by atoms with Crippen molar-refractivity contribution in [2.24, 2.45) is 0 Å². The van der Waals surface area contributed by atoms with Crippen LogP contribution in [0.15, 0.2) is 69.7 Å². The third kappa shape index (κ3) is 5.58. The molecule has 0 spiro atoms. The average molecular weight is 356 g/mol. The molecule has 0 fully saturated rings. The number of hydrogen-bond donors (Lipinski definition) is 0. The monoisotopic (exact) mass is 356 g/mol. The lowest BCUT2D eigenvalue weighted by atomic mass is 10.2. The van der Waals surface area contributed by atoms with Crippen LogP contribution in [0, 0.1) is 20.2 Å². The normalized spacial score (nSPS) is 12.1. The van der Waals surface area contributed by atoms with E-state index in [1.165, 1.54) is 26.0 Å². The minimum Gasteiger partial charge on any atom is -0.259 e. The maximum atomic E-state index is 10.6. The van der Waals surface area contributed by atoms with Gasteiger partial charge < -0.3 is 0 Å². The molecule has 0 saturated carbocycles. The van der Waals surface area contributed by atoms with E-state index in [0.717, 1.165) is 20.9 Å². The average Bonchev–Trinajstić information content (AvgIpc) is 2.58. The fourth-order valence-corrected chi connectivity index (χ4v) is 2.80. The molecule has 0 aromatic heterocycles. The van der Waals surface area contributed by atoms with Gasteiger partial charge in [0.05, 0.1) is 9.85 Å². The summed E-state index contributed by atoms with van der Waals surface area (Å²) < 4.78 is 0. The van der Waals surface area contributed by atoms with Gasteiger partial charge in [-0.3, -0.25) is 20.2 Å². The van der Waals surface area contributed by atoms with Crippen molar-refractivity contribution in [1.82, 2.24) is 0 Å². The number of benzene rings is 2. The number of nitro groups is 2. The van der Waals surface area contributed by atoms with Gasteiger partial charge in [0.15, 0.2) is 0 Å². The van der Waals surface area contributed by atoms with Crippen molar-refractivity contribution < 1.29 is 9.85 Å². The first-order valence-corrected chi connectivity index (χ1v) is 8.20. The zero-order chi connectivity index (χ0) is 18.4. The summed E-state index contributed by atoms with van der Waals surface area (Å²) in [5, 5.41) is 21.3. The van der Waals surface area contributed by atoms with Crippen molar-refractivity contribution >= 4 is 23.9 Å². The van der Waals surface area contributed by atoms with E-state index in [0.29, 0.717) is 0 Å². The highest BCUT2D eigenvalue weighted by atomic mass is 32.2. The zero-order valence-electron chi connectivity index (χ0n) is 13.7. The molecule has 0 heterocycles. The molecule has 25 heavy (non-hydrogen) atoms. The van der Waals surface area contributed by atoms with Crippen molar-refractivity contribution in [2.75, 3.05) is 0 Å². The Hall–Kier alpha value is -2.93. The largest absolute Gasteiger partial charge is 0.259 e. The summed E-state index contributed by atoms with van der Waals surface area (Å²) in [7, 11) is 0. The molecule has 128 valence electrons. The molecule has 0 aliphatic heterocycles. The summed E-state index contributed by atoms with van der Waals surface area (Å²) >= 11 is 1.55. The van der Waals surface area contributed by atoms with E-state index in [2.05, 4.69) is 0 Å². The second-order valence-electron chi connectivity index (χ2n) is 5.33. The van der Waals surface area contributed by atoms with Gasteiger partial charge in [0.2, 0.25) is 11.4 Å². The van der Waals surface area contributed by atoms with Crippen LogP contribution in [0.25, 0.3) is 12.2 Å². The third-order valence-corrected chi connectivity index (χ3v) is 4.34. The molecule has 0 radical (unpaired) electrons. The Bertz CT molecular complexity index is 769. The first-order chi connectivity index (χ1) is 11.8. The van der Waals surface area contributed by atoms with Gasteiger partial charge in [-0.25, -0.2) is 0 Å². The van der Waals surface area contributed by atoms with Crippen LogP contribution in [0.3, 0.4) is 0 Å². The number of nitrogens with zero attached hydrogens (tertiary/aromatic N) is 2.